The molecule has 4 nitrogen and oxygen atoms in total. The van der Waals surface area contributed by atoms with E-state index in [4.69, 9.17) is 5.73 Å². The second-order valence-corrected chi connectivity index (χ2v) is 6.62. The molecule has 0 atom stereocenters. The van der Waals surface area contributed by atoms with E-state index in [0.29, 0.717) is 11.4 Å². The Hall–Kier alpha value is -2.01. The molecular formula is C15H18N2O2S. The predicted octanol–water partition coefficient (Wildman–Crippen LogP) is 2.99. The fourth-order valence-electron chi connectivity index (χ4n) is 1.86. The molecule has 0 heterocycles. The van der Waals surface area contributed by atoms with Gasteiger partial charge in [0.05, 0.1) is 10.6 Å². The van der Waals surface area contributed by atoms with Crippen LogP contribution >= 0.6 is 0 Å². The lowest BCUT2D eigenvalue weighted by molar-refractivity contribution is 0.601. The Kier molecular flexibility index (Phi) is 3.72. The van der Waals surface area contributed by atoms with Crippen molar-refractivity contribution in [2.24, 2.45) is 0 Å². The number of hydrogen-bond donors (Lipinski definition) is 2. The first-order valence-corrected chi connectivity index (χ1v) is 7.74. The van der Waals surface area contributed by atoms with E-state index >= 15 is 0 Å². The van der Waals surface area contributed by atoms with Crippen molar-refractivity contribution in [2.45, 2.75) is 25.7 Å². The summed E-state index contributed by atoms with van der Waals surface area (Å²) in [6, 6.07) is 10.3. The van der Waals surface area contributed by atoms with E-state index in [1.54, 1.807) is 19.1 Å². The minimum Gasteiger partial charge on any atom is -0.399 e. The summed E-state index contributed by atoms with van der Waals surface area (Å²) in [6.45, 7) is 5.57. The zero-order valence-electron chi connectivity index (χ0n) is 11.8. The van der Waals surface area contributed by atoms with Crippen molar-refractivity contribution < 1.29 is 8.42 Å². The number of hydrogen-bond acceptors (Lipinski definition) is 3. The van der Waals surface area contributed by atoms with Crippen molar-refractivity contribution in [2.75, 3.05) is 10.5 Å². The van der Waals surface area contributed by atoms with Gasteiger partial charge in [-0.3, -0.25) is 4.72 Å². The second kappa shape index (κ2) is 5.17. The number of nitrogens with one attached hydrogen (secondary N) is 1. The molecule has 0 aliphatic carbocycles. The zero-order valence-corrected chi connectivity index (χ0v) is 12.6. The number of rotatable bonds is 3. The van der Waals surface area contributed by atoms with Crippen LogP contribution in [0.15, 0.2) is 41.3 Å². The van der Waals surface area contributed by atoms with E-state index in [2.05, 4.69) is 4.72 Å². The molecule has 0 spiro atoms. The van der Waals surface area contributed by atoms with Crippen molar-refractivity contribution in [3.8, 4) is 0 Å². The largest absolute Gasteiger partial charge is 0.399 e. The Bertz CT molecular complexity index is 752. The molecule has 0 unspecified atom stereocenters. The lowest BCUT2D eigenvalue weighted by Crippen LogP contribution is -2.14. The van der Waals surface area contributed by atoms with Crippen LogP contribution < -0.4 is 10.5 Å². The first-order chi connectivity index (χ1) is 9.29. The monoisotopic (exact) mass is 290 g/mol. The minimum atomic E-state index is -3.60. The normalized spacial score (nSPS) is 11.3. The third-order valence-electron chi connectivity index (χ3n) is 3.19. The number of sulfonamides is 1. The zero-order chi connectivity index (χ0) is 14.9. The van der Waals surface area contributed by atoms with E-state index in [1.165, 1.54) is 6.07 Å². The van der Waals surface area contributed by atoms with Gasteiger partial charge in [-0.05, 0) is 61.7 Å². The van der Waals surface area contributed by atoms with Crippen LogP contribution in [-0.2, 0) is 10.0 Å². The van der Waals surface area contributed by atoms with Gasteiger partial charge in [0.25, 0.3) is 10.0 Å². The van der Waals surface area contributed by atoms with E-state index in [1.807, 2.05) is 32.0 Å². The lowest BCUT2D eigenvalue weighted by atomic mass is 10.1. The topological polar surface area (TPSA) is 72.2 Å². The van der Waals surface area contributed by atoms with Gasteiger partial charge in [0.2, 0.25) is 0 Å². The molecule has 2 rings (SSSR count). The summed E-state index contributed by atoms with van der Waals surface area (Å²) in [5, 5.41) is 0. The Balaban J connectivity index is 2.40. The molecule has 0 saturated carbocycles. The third kappa shape index (κ3) is 2.93. The molecule has 5 heteroatoms. The second-order valence-electron chi connectivity index (χ2n) is 4.94. The number of nitrogen functional groups attached to an aromatic ring is 1. The maximum absolute atomic E-state index is 12.4. The van der Waals surface area contributed by atoms with Crippen molar-refractivity contribution in [3.63, 3.8) is 0 Å². The fraction of sp³-hybridized carbons (Fsp3) is 0.200. The summed E-state index contributed by atoms with van der Waals surface area (Å²) in [5.74, 6) is 0. The molecule has 0 radical (unpaired) electrons. The molecule has 0 saturated heterocycles. The SMILES string of the molecule is Cc1ccc(C)c(NS(=O)(=O)c2ccc(N)c(C)c2)c1. The highest BCUT2D eigenvalue weighted by atomic mass is 32.2. The summed E-state index contributed by atoms with van der Waals surface area (Å²) in [4.78, 5) is 0.213. The lowest BCUT2D eigenvalue weighted by Gasteiger charge is -2.12. The predicted molar refractivity (Wildman–Crippen MR) is 82.3 cm³/mol. The van der Waals surface area contributed by atoms with Crippen LogP contribution in [0.5, 0.6) is 0 Å². The van der Waals surface area contributed by atoms with Gasteiger partial charge in [0.1, 0.15) is 0 Å². The third-order valence-corrected chi connectivity index (χ3v) is 4.55. The molecule has 0 aliphatic rings. The van der Waals surface area contributed by atoms with Gasteiger partial charge >= 0.3 is 0 Å². The average molecular weight is 290 g/mol. The van der Waals surface area contributed by atoms with Crippen molar-refractivity contribution in [1.82, 2.24) is 0 Å². The standard InChI is InChI=1S/C15H18N2O2S/c1-10-4-5-11(2)15(8-10)17-20(18,19)13-6-7-14(16)12(3)9-13/h4-9,17H,16H2,1-3H3. The van der Waals surface area contributed by atoms with Gasteiger partial charge in [0.15, 0.2) is 0 Å². The van der Waals surface area contributed by atoms with Crippen LogP contribution in [0.25, 0.3) is 0 Å². The summed E-state index contributed by atoms with van der Waals surface area (Å²) in [7, 11) is -3.60. The summed E-state index contributed by atoms with van der Waals surface area (Å²) < 4.78 is 27.4. The average Bonchev–Trinajstić information content (AvgIpc) is 2.36. The Morgan fingerprint density at radius 3 is 2.30 bits per heavy atom. The molecule has 2 aromatic carbocycles. The highest BCUT2D eigenvalue weighted by Gasteiger charge is 2.16. The molecule has 20 heavy (non-hydrogen) atoms. The first kappa shape index (κ1) is 14.4. The molecule has 0 fully saturated rings. The molecule has 3 N–H and O–H groups in total. The maximum atomic E-state index is 12.4. The Labute approximate surface area is 119 Å². The number of aryl methyl sites for hydroxylation is 3. The van der Waals surface area contributed by atoms with Crippen LogP contribution in [0.2, 0.25) is 0 Å². The van der Waals surface area contributed by atoms with Crippen molar-refractivity contribution >= 4 is 21.4 Å². The van der Waals surface area contributed by atoms with E-state index in [-0.39, 0.29) is 4.90 Å². The van der Waals surface area contributed by atoms with E-state index < -0.39 is 10.0 Å². The maximum Gasteiger partial charge on any atom is 0.261 e. The van der Waals surface area contributed by atoms with Gasteiger partial charge in [0, 0.05) is 5.69 Å². The van der Waals surface area contributed by atoms with Gasteiger partial charge in [-0.1, -0.05) is 12.1 Å². The highest BCUT2D eigenvalue weighted by Crippen LogP contribution is 2.22. The summed E-state index contributed by atoms with van der Waals surface area (Å²) >= 11 is 0. The van der Waals surface area contributed by atoms with Gasteiger partial charge in [-0.25, -0.2) is 8.42 Å². The minimum absolute atomic E-state index is 0.213. The molecule has 0 aliphatic heterocycles. The molecule has 0 aromatic heterocycles. The Morgan fingerprint density at radius 1 is 0.950 bits per heavy atom. The van der Waals surface area contributed by atoms with Gasteiger partial charge in [-0.15, -0.1) is 0 Å². The summed E-state index contributed by atoms with van der Waals surface area (Å²) in [6.07, 6.45) is 0. The Morgan fingerprint density at radius 2 is 1.65 bits per heavy atom. The molecule has 2 aromatic rings. The van der Waals surface area contributed by atoms with Crippen LogP contribution in [0.4, 0.5) is 11.4 Å². The summed E-state index contributed by atoms with van der Waals surface area (Å²) in [5.41, 5.74) is 9.52. The highest BCUT2D eigenvalue weighted by molar-refractivity contribution is 7.92. The van der Waals surface area contributed by atoms with Gasteiger partial charge in [-0.2, -0.15) is 0 Å². The van der Waals surface area contributed by atoms with Crippen molar-refractivity contribution in [1.29, 1.82) is 0 Å². The first-order valence-electron chi connectivity index (χ1n) is 6.26. The van der Waals surface area contributed by atoms with Crippen LogP contribution in [-0.4, -0.2) is 8.42 Å². The smallest absolute Gasteiger partial charge is 0.261 e. The van der Waals surface area contributed by atoms with E-state index in [0.717, 1.165) is 16.7 Å². The number of benzene rings is 2. The van der Waals surface area contributed by atoms with E-state index in [9.17, 15) is 8.42 Å². The van der Waals surface area contributed by atoms with Crippen LogP contribution in [0.3, 0.4) is 0 Å². The quantitative estimate of drug-likeness (QED) is 0.854. The van der Waals surface area contributed by atoms with Gasteiger partial charge < -0.3 is 5.73 Å². The molecule has 0 amide bonds. The molecular weight excluding hydrogens is 272 g/mol. The number of anilines is 2. The van der Waals surface area contributed by atoms with Crippen LogP contribution in [0.1, 0.15) is 16.7 Å². The molecule has 106 valence electrons. The number of nitrogens with two attached hydrogens (primary N) is 1. The fourth-order valence-corrected chi connectivity index (χ4v) is 3.07. The van der Waals surface area contributed by atoms with Crippen LogP contribution in [0, 0.1) is 20.8 Å². The molecule has 0 bridgehead atoms. The van der Waals surface area contributed by atoms with Crippen molar-refractivity contribution in [3.05, 3.63) is 53.1 Å².